The summed E-state index contributed by atoms with van der Waals surface area (Å²) in [5, 5.41) is 4.90. The van der Waals surface area contributed by atoms with Crippen molar-refractivity contribution in [3.63, 3.8) is 0 Å². The molecule has 0 aromatic heterocycles. The second kappa shape index (κ2) is 5.07. The Balaban J connectivity index is 1.80. The normalized spacial score (nSPS) is 24.8. The lowest BCUT2D eigenvalue weighted by atomic mass is 10.0. The van der Waals surface area contributed by atoms with Gasteiger partial charge in [0.1, 0.15) is 12.6 Å². The predicted molar refractivity (Wildman–Crippen MR) is 66.3 cm³/mol. The molecule has 2 heterocycles. The molecule has 2 aliphatic heterocycles. The number of ether oxygens (including phenoxy) is 1. The highest BCUT2D eigenvalue weighted by Gasteiger charge is 2.35. The van der Waals surface area contributed by atoms with E-state index in [0.717, 1.165) is 19.4 Å². The molecule has 0 radical (unpaired) electrons. The van der Waals surface area contributed by atoms with Gasteiger partial charge >= 0.3 is 6.09 Å². The summed E-state index contributed by atoms with van der Waals surface area (Å²) in [6.45, 7) is 4.73. The van der Waals surface area contributed by atoms with E-state index in [2.05, 4.69) is 15.4 Å². The number of alkyl carbamates (subject to hydrolysis) is 1. The van der Waals surface area contributed by atoms with Crippen LogP contribution in [0.3, 0.4) is 0 Å². The van der Waals surface area contributed by atoms with Crippen LogP contribution in [0.25, 0.3) is 0 Å². The zero-order valence-electron chi connectivity index (χ0n) is 11.2. The van der Waals surface area contributed by atoms with Crippen LogP contribution in [0, 0.1) is 0 Å². The van der Waals surface area contributed by atoms with Crippen LogP contribution < -0.4 is 10.6 Å². The standard InChI is InChI=1S/C12H19N3O4/c1-12(2)4-3-5-15(12)9(16)6-13-10(17)8-7-19-11(18)14-8/h8H,3-7H2,1-2H3,(H,13,17)(H,14,18)/t8-/m0/s1. The monoisotopic (exact) mass is 269 g/mol. The van der Waals surface area contributed by atoms with Gasteiger partial charge in [0, 0.05) is 12.1 Å². The van der Waals surface area contributed by atoms with Crippen LogP contribution in [0.15, 0.2) is 0 Å². The molecule has 0 bridgehead atoms. The fourth-order valence-electron chi connectivity index (χ4n) is 2.48. The van der Waals surface area contributed by atoms with Crippen molar-refractivity contribution in [3.05, 3.63) is 0 Å². The maximum Gasteiger partial charge on any atom is 0.407 e. The van der Waals surface area contributed by atoms with Crippen molar-refractivity contribution in [2.45, 2.75) is 38.3 Å². The molecule has 0 aromatic rings. The van der Waals surface area contributed by atoms with Crippen molar-refractivity contribution in [2.75, 3.05) is 19.7 Å². The van der Waals surface area contributed by atoms with E-state index in [0.29, 0.717) is 0 Å². The molecule has 2 N–H and O–H groups in total. The highest BCUT2D eigenvalue weighted by Crippen LogP contribution is 2.27. The number of nitrogens with zero attached hydrogens (tertiary/aromatic N) is 1. The van der Waals surface area contributed by atoms with Gasteiger partial charge in [0.15, 0.2) is 0 Å². The summed E-state index contributed by atoms with van der Waals surface area (Å²) < 4.78 is 4.62. The molecule has 0 unspecified atom stereocenters. The number of carbonyl (C=O) groups is 3. The fraction of sp³-hybridized carbons (Fsp3) is 0.750. The molecule has 2 saturated heterocycles. The Morgan fingerprint density at radius 1 is 1.53 bits per heavy atom. The highest BCUT2D eigenvalue weighted by atomic mass is 16.6. The molecule has 7 heteroatoms. The number of amides is 3. The van der Waals surface area contributed by atoms with Crippen LogP contribution in [0.4, 0.5) is 4.79 Å². The van der Waals surface area contributed by atoms with Crippen LogP contribution in [0.1, 0.15) is 26.7 Å². The van der Waals surface area contributed by atoms with Crippen molar-refractivity contribution in [3.8, 4) is 0 Å². The number of carbonyl (C=O) groups excluding carboxylic acids is 3. The first-order valence-corrected chi connectivity index (χ1v) is 6.41. The summed E-state index contributed by atoms with van der Waals surface area (Å²) in [5.41, 5.74) is -0.146. The summed E-state index contributed by atoms with van der Waals surface area (Å²) in [7, 11) is 0. The lowest BCUT2D eigenvalue weighted by Crippen LogP contribution is -2.50. The van der Waals surface area contributed by atoms with Crippen molar-refractivity contribution >= 4 is 17.9 Å². The van der Waals surface area contributed by atoms with Crippen LogP contribution in [0.2, 0.25) is 0 Å². The smallest absolute Gasteiger partial charge is 0.407 e. The molecule has 2 rings (SSSR count). The van der Waals surface area contributed by atoms with Gasteiger partial charge in [-0.2, -0.15) is 0 Å². The Hall–Kier alpha value is -1.79. The Morgan fingerprint density at radius 2 is 2.26 bits per heavy atom. The zero-order chi connectivity index (χ0) is 14.0. The average Bonchev–Trinajstić information content (AvgIpc) is 2.91. The first-order chi connectivity index (χ1) is 8.90. The van der Waals surface area contributed by atoms with Gasteiger partial charge in [-0.3, -0.25) is 9.59 Å². The number of likely N-dealkylation sites (tertiary alicyclic amines) is 1. The van der Waals surface area contributed by atoms with Gasteiger partial charge in [0.05, 0.1) is 6.54 Å². The minimum Gasteiger partial charge on any atom is -0.447 e. The molecular weight excluding hydrogens is 250 g/mol. The summed E-state index contributed by atoms with van der Waals surface area (Å²) in [6.07, 6.45) is 1.35. The lowest BCUT2D eigenvalue weighted by molar-refractivity contribution is -0.135. The number of cyclic esters (lactones) is 1. The van der Waals surface area contributed by atoms with Gasteiger partial charge in [0.25, 0.3) is 0 Å². The van der Waals surface area contributed by atoms with Crippen molar-refractivity contribution in [1.29, 1.82) is 0 Å². The molecule has 0 aromatic carbocycles. The first-order valence-electron chi connectivity index (χ1n) is 6.41. The maximum absolute atomic E-state index is 12.0. The van der Waals surface area contributed by atoms with Crippen molar-refractivity contribution in [2.24, 2.45) is 0 Å². The molecule has 2 aliphatic rings. The average molecular weight is 269 g/mol. The first kappa shape index (κ1) is 13.6. The molecular formula is C12H19N3O4. The Kier molecular flexibility index (Phi) is 3.64. The molecule has 2 fully saturated rings. The van der Waals surface area contributed by atoms with E-state index in [9.17, 15) is 14.4 Å². The van der Waals surface area contributed by atoms with Crippen LogP contribution in [0.5, 0.6) is 0 Å². The molecule has 1 atom stereocenters. The molecule has 19 heavy (non-hydrogen) atoms. The van der Waals surface area contributed by atoms with Crippen LogP contribution in [-0.2, 0) is 14.3 Å². The summed E-state index contributed by atoms with van der Waals surface area (Å²) in [6, 6.07) is -0.702. The fourth-order valence-corrected chi connectivity index (χ4v) is 2.48. The topological polar surface area (TPSA) is 87.7 Å². The minimum atomic E-state index is -0.702. The maximum atomic E-state index is 12.0. The van der Waals surface area contributed by atoms with E-state index in [1.807, 2.05) is 13.8 Å². The molecule has 106 valence electrons. The van der Waals surface area contributed by atoms with Gasteiger partial charge in [-0.05, 0) is 26.7 Å². The van der Waals surface area contributed by atoms with Gasteiger partial charge in [-0.15, -0.1) is 0 Å². The van der Waals surface area contributed by atoms with Gasteiger partial charge in [-0.1, -0.05) is 0 Å². The Bertz CT molecular complexity index is 408. The quantitative estimate of drug-likeness (QED) is 0.730. The van der Waals surface area contributed by atoms with Crippen LogP contribution >= 0.6 is 0 Å². The van der Waals surface area contributed by atoms with Crippen molar-refractivity contribution in [1.82, 2.24) is 15.5 Å². The van der Waals surface area contributed by atoms with E-state index in [1.165, 1.54) is 0 Å². The second-order valence-corrected chi connectivity index (χ2v) is 5.47. The zero-order valence-corrected chi connectivity index (χ0v) is 11.2. The Labute approximate surface area is 111 Å². The van der Waals surface area contributed by atoms with Gasteiger partial charge < -0.3 is 20.3 Å². The van der Waals surface area contributed by atoms with E-state index in [1.54, 1.807) is 4.90 Å². The summed E-state index contributed by atoms with van der Waals surface area (Å²) in [4.78, 5) is 36.3. The largest absolute Gasteiger partial charge is 0.447 e. The lowest BCUT2D eigenvalue weighted by Gasteiger charge is -2.31. The number of hydrogen-bond donors (Lipinski definition) is 2. The molecule has 7 nitrogen and oxygen atoms in total. The van der Waals surface area contributed by atoms with Crippen LogP contribution in [-0.4, -0.2) is 54.1 Å². The predicted octanol–water partition coefficient (Wildman–Crippen LogP) is -0.388. The third kappa shape index (κ3) is 2.97. The number of nitrogens with one attached hydrogen (secondary N) is 2. The third-order valence-corrected chi connectivity index (χ3v) is 3.61. The second-order valence-electron chi connectivity index (χ2n) is 5.47. The third-order valence-electron chi connectivity index (χ3n) is 3.61. The number of rotatable bonds is 3. The molecule has 0 saturated carbocycles. The molecule has 3 amide bonds. The summed E-state index contributed by atoms with van der Waals surface area (Å²) in [5.74, 6) is -0.489. The highest BCUT2D eigenvalue weighted by molar-refractivity contribution is 5.91. The number of hydrogen-bond acceptors (Lipinski definition) is 4. The molecule has 0 aliphatic carbocycles. The van der Waals surface area contributed by atoms with E-state index < -0.39 is 18.0 Å². The van der Waals surface area contributed by atoms with Crippen molar-refractivity contribution < 1.29 is 19.1 Å². The van der Waals surface area contributed by atoms with E-state index in [-0.39, 0.29) is 24.6 Å². The summed E-state index contributed by atoms with van der Waals surface area (Å²) >= 11 is 0. The minimum absolute atomic E-state index is 0.00800. The van der Waals surface area contributed by atoms with Gasteiger partial charge in [-0.25, -0.2) is 4.79 Å². The van der Waals surface area contributed by atoms with E-state index >= 15 is 0 Å². The van der Waals surface area contributed by atoms with E-state index in [4.69, 9.17) is 0 Å². The SMILES string of the molecule is CC1(C)CCCN1C(=O)CNC(=O)[C@@H]1COC(=O)N1. The Morgan fingerprint density at radius 3 is 2.79 bits per heavy atom. The van der Waals surface area contributed by atoms with Gasteiger partial charge in [0.2, 0.25) is 11.8 Å². The molecule has 0 spiro atoms.